The van der Waals surface area contributed by atoms with E-state index < -0.39 is 6.10 Å². The molecule has 2 heterocycles. The number of rotatable bonds is 8. The summed E-state index contributed by atoms with van der Waals surface area (Å²) in [6, 6.07) is 14.3. The average molecular weight is 373 g/mol. The van der Waals surface area contributed by atoms with Crippen LogP contribution in [0.3, 0.4) is 0 Å². The fraction of sp³-hybridized carbons (Fsp3) is 0.211. The summed E-state index contributed by atoms with van der Waals surface area (Å²) >= 11 is 1.42. The first-order valence-electron chi connectivity index (χ1n) is 8.00. The number of methoxy groups -OCH3 is 1. The van der Waals surface area contributed by atoms with Gasteiger partial charge in [0, 0.05) is 9.75 Å². The van der Waals surface area contributed by atoms with Crippen LogP contribution >= 0.6 is 11.3 Å². The molecule has 1 amide bonds. The molecule has 3 aromatic rings. The SMILES string of the molecule is COc1ccccc1OCC(=O)NCc1ccc(C(O)c2ccco2)s1. The minimum Gasteiger partial charge on any atom is -0.493 e. The lowest BCUT2D eigenvalue weighted by Crippen LogP contribution is -2.28. The molecule has 0 aliphatic heterocycles. The van der Waals surface area contributed by atoms with Crippen LogP contribution in [0.5, 0.6) is 11.5 Å². The largest absolute Gasteiger partial charge is 0.493 e. The van der Waals surface area contributed by atoms with Gasteiger partial charge in [-0.1, -0.05) is 12.1 Å². The van der Waals surface area contributed by atoms with E-state index in [0.29, 0.717) is 23.8 Å². The van der Waals surface area contributed by atoms with Crippen molar-refractivity contribution in [3.63, 3.8) is 0 Å². The zero-order chi connectivity index (χ0) is 18.4. The standard InChI is InChI=1S/C19H19NO5S/c1-23-14-5-2-3-6-15(14)25-12-18(21)20-11-13-8-9-17(26-13)19(22)16-7-4-10-24-16/h2-10,19,22H,11-12H2,1H3,(H,20,21). The molecule has 26 heavy (non-hydrogen) atoms. The molecule has 136 valence electrons. The van der Waals surface area contributed by atoms with Crippen LogP contribution in [0.4, 0.5) is 0 Å². The van der Waals surface area contributed by atoms with Crippen molar-refractivity contribution < 1.29 is 23.8 Å². The molecule has 0 fully saturated rings. The van der Waals surface area contributed by atoms with Crippen molar-refractivity contribution in [1.29, 1.82) is 0 Å². The number of amides is 1. The van der Waals surface area contributed by atoms with Gasteiger partial charge in [0.15, 0.2) is 18.1 Å². The molecule has 6 nitrogen and oxygen atoms in total. The fourth-order valence-corrected chi connectivity index (χ4v) is 3.29. The minimum absolute atomic E-state index is 0.104. The number of hydrogen-bond donors (Lipinski definition) is 2. The van der Waals surface area contributed by atoms with Gasteiger partial charge in [-0.15, -0.1) is 11.3 Å². The number of nitrogens with one attached hydrogen (secondary N) is 1. The number of carbonyl (C=O) groups excluding carboxylic acids is 1. The van der Waals surface area contributed by atoms with E-state index in [-0.39, 0.29) is 12.5 Å². The van der Waals surface area contributed by atoms with E-state index in [2.05, 4.69) is 5.32 Å². The van der Waals surface area contributed by atoms with Gasteiger partial charge in [-0.2, -0.15) is 0 Å². The van der Waals surface area contributed by atoms with Crippen LogP contribution in [-0.4, -0.2) is 24.7 Å². The Morgan fingerprint density at radius 3 is 2.73 bits per heavy atom. The zero-order valence-electron chi connectivity index (χ0n) is 14.2. The molecule has 1 unspecified atom stereocenters. The lowest BCUT2D eigenvalue weighted by molar-refractivity contribution is -0.123. The second-order valence-electron chi connectivity index (χ2n) is 5.44. The van der Waals surface area contributed by atoms with Crippen LogP contribution in [0, 0.1) is 0 Å². The van der Waals surface area contributed by atoms with Crippen molar-refractivity contribution in [1.82, 2.24) is 5.32 Å². The quantitative estimate of drug-likeness (QED) is 0.634. The highest BCUT2D eigenvalue weighted by molar-refractivity contribution is 7.12. The second-order valence-corrected chi connectivity index (χ2v) is 6.64. The van der Waals surface area contributed by atoms with Gasteiger partial charge in [-0.05, 0) is 36.4 Å². The van der Waals surface area contributed by atoms with Gasteiger partial charge in [0.1, 0.15) is 11.9 Å². The first kappa shape index (κ1) is 18.0. The highest BCUT2D eigenvalue weighted by Crippen LogP contribution is 2.29. The molecule has 1 atom stereocenters. The molecule has 0 saturated carbocycles. The van der Waals surface area contributed by atoms with Crippen LogP contribution < -0.4 is 14.8 Å². The molecule has 0 aliphatic carbocycles. The zero-order valence-corrected chi connectivity index (χ0v) is 15.0. The maximum absolute atomic E-state index is 12.0. The van der Waals surface area contributed by atoms with Gasteiger partial charge in [-0.25, -0.2) is 0 Å². The van der Waals surface area contributed by atoms with E-state index in [1.54, 1.807) is 31.4 Å². The van der Waals surface area contributed by atoms with Gasteiger partial charge >= 0.3 is 0 Å². The number of benzene rings is 1. The van der Waals surface area contributed by atoms with Gasteiger partial charge in [0.05, 0.1) is 19.9 Å². The van der Waals surface area contributed by atoms with E-state index in [9.17, 15) is 9.90 Å². The number of hydrogen-bond acceptors (Lipinski definition) is 6. The molecule has 0 aliphatic rings. The van der Waals surface area contributed by atoms with E-state index >= 15 is 0 Å². The molecule has 7 heteroatoms. The lowest BCUT2D eigenvalue weighted by Gasteiger charge is -2.10. The Kier molecular flexibility index (Phi) is 5.93. The number of para-hydroxylation sites is 2. The normalized spacial score (nSPS) is 11.8. The average Bonchev–Trinajstić information content (AvgIpc) is 3.36. The number of carbonyl (C=O) groups is 1. The topological polar surface area (TPSA) is 80.9 Å². The molecule has 2 N–H and O–H groups in total. The second kappa shape index (κ2) is 8.55. The number of furan rings is 1. The van der Waals surface area contributed by atoms with Gasteiger partial charge in [0.2, 0.25) is 0 Å². The van der Waals surface area contributed by atoms with Crippen LogP contribution in [0.1, 0.15) is 21.6 Å². The molecule has 2 aromatic heterocycles. The van der Waals surface area contributed by atoms with E-state index in [1.807, 2.05) is 24.3 Å². The molecule has 0 saturated heterocycles. The molecule has 1 aromatic carbocycles. The summed E-state index contributed by atoms with van der Waals surface area (Å²) in [5.74, 6) is 1.35. The molecular weight excluding hydrogens is 354 g/mol. The lowest BCUT2D eigenvalue weighted by atomic mass is 10.2. The van der Waals surface area contributed by atoms with Crippen LogP contribution in [0.25, 0.3) is 0 Å². The molecule has 0 radical (unpaired) electrons. The Hall–Kier alpha value is -2.77. The maximum Gasteiger partial charge on any atom is 0.258 e. The predicted molar refractivity (Wildman–Crippen MR) is 97.4 cm³/mol. The van der Waals surface area contributed by atoms with Crippen molar-refractivity contribution in [2.45, 2.75) is 12.6 Å². The van der Waals surface area contributed by atoms with Crippen LogP contribution in [-0.2, 0) is 11.3 Å². The monoisotopic (exact) mass is 373 g/mol. The predicted octanol–water partition coefficient (Wildman–Crippen LogP) is 3.13. The molecule has 0 spiro atoms. The van der Waals surface area contributed by atoms with E-state index in [0.717, 1.165) is 9.75 Å². The van der Waals surface area contributed by atoms with E-state index in [1.165, 1.54) is 17.6 Å². The smallest absolute Gasteiger partial charge is 0.258 e. The van der Waals surface area contributed by atoms with Crippen molar-refractivity contribution >= 4 is 17.2 Å². The summed E-state index contributed by atoms with van der Waals surface area (Å²) in [6.45, 7) is 0.261. The Morgan fingerprint density at radius 1 is 1.19 bits per heavy atom. The highest BCUT2D eigenvalue weighted by atomic mass is 32.1. The Morgan fingerprint density at radius 2 is 2.00 bits per heavy atom. The number of aliphatic hydroxyl groups excluding tert-OH is 1. The third-order valence-electron chi connectivity index (χ3n) is 3.65. The molecule has 0 bridgehead atoms. The van der Waals surface area contributed by atoms with Gasteiger partial charge in [0.25, 0.3) is 5.91 Å². The third kappa shape index (κ3) is 4.44. The number of thiophene rings is 1. The Bertz CT molecular complexity index is 843. The number of aliphatic hydroxyl groups is 1. The highest BCUT2D eigenvalue weighted by Gasteiger charge is 2.15. The summed E-state index contributed by atoms with van der Waals surface area (Å²) in [5, 5.41) is 13.0. The van der Waals surface area contributed by atoms with Crippen LogP contribution in [0.2, 0.25) is 0 Å². The van der Waals surface area contributed by atoms with Crippen molar-refractivity contribution in [3.8, 4) is 11.5 Å². The van der Waals surface area contributed by atoms with E-state index in [4.69, 9.17) is 13.9 Å². The first-order chi connectivity index (χ1) is 12.7. The van der Waals surface area contributed by atoms with Gasteiger partial charge in [-0.3, -0.25) is 4.79 Å². The fourth-order valence-electron chi connectivity index (χ4n) is 2.34. The Balaban J connectivity index is 1.49. The third-order valence-corrected chi connectivity index (χ3v) is 4.79. The van der Waals surface area contributed by atoms with Crippen LogP contribution in [0.15, 0.2) is 59.2 Å². The number of ether oxygens (including phenoxy) is 2. The Labute approximate surface area is 155 Å². The summed E-state index contributed by atoms with van der Waals surface area (Å²) in [4.78, 5) is 13.7. The van der Waals surface area contributed by atoms with Gasteiger partial charge < -0.3 is 24.3 Å². The summed E-state index contributed by atoms with van der Waals surface area (Å²) in [5.41, 5.74) is 0. The summed E-state index contributed by atoms with van der Waals surface area (Å²) in [6.07, 6.45) is 0.725. The maximum atomic E-state index is 12.0. The minimum atomic E-state index is -0.798. The van der Waals surface area contributed by atoms with Crippen molar-refractivity contribution in [2.75, 3.05) is 13.7 Å². The summed E-state index contributed by atoms with van der Waals surface area (Å²) in [7, 11) is 1.55. The van der Waals surface area contributed by atoms with Crippen molar-refractivity contribution in [2.24, 2.45) is 0 Å². The summed E-state index contributed by atoms with van der Waals surface area (Å²) < 4.78 is 15.9. The molecular formula is C19H19NO5S. The van der Waals surface area contributed by atoms with Crippen molar-refractivity contribution in [3.05, 3.63) is 70.3 Å². The first-order valence-corrected chi connectivity index (χ1v) is 8.81. The molecule has 3 rings (SSSR count).